The van der Waals surface area contributed by atoms with Crippen LogP contribution >= 0.6 is 0 Å². The van der Waals surface area contributed by atoms with E-state index < -0.39 is 0 Å². The van der Waals surface area contributed by atoms with Crippen LogP contribution in [-0.2, 0) is 25.6 Å². The lowest BCUT2D eigenvalue weighted by molar-refractivity contribution is 0.0939. The van der Waals surface area contributed by atoms with E-state index >= 15 is 0 Å². The fourth-order valence-electron chi connectivity index (χ4n) is 3.68. The quantitative estimate of drug-likeness (QED) is 0.362. The summed E-state index contributed by atoms with van der Waals surface area (Å²) in [6.45, 7) is 7.05. The van der Waals surface area contributed by atoms with Gasteiger partial charge < -0.3 is 19.8 Å². The fourth-order valence-corrected chi connectivity index (χ4v) is 3.68. The topological polar surface area (TPSA) is 98.4 Å². The summed E-state index contributed by atoms with van der Waals surface area (Å²) in [5.41, 5.74) is 3.18. The molecular formula is C28H30N4O4. The molecule has 2 aromatic carbocycles. The van der Waals surface area contributed by atoms with Gasteiger partial charge in [-0.15, -0.1) is 0 Å². The molecule has 0 unspecified atom stereocenters. The fraction of sp³-hybridized carbons (Fsp3) is 0.250. The summed E-state index contributed by atoms with van der Waals surface area (Å²) < 4.78 is 12.6. The van der Waals surface area contributed by atoms with Gasteiger partial charge in [-0.2, -0.15) is 5.10 Å². The van der Waals surface area contributed by atoms with Crippen molar-refractivity contribution >= 4 is 17.5 Å². The average molecular weight is 487 g/mol. The van der Waals surface area contributed by atoms with Crippen LogP contribution in [0.2, 0.25) is 0 Å². The maximum absolute atomic E-state index is 13.0. The molecule has 0 aliphatic heterocycles. The van der Waals surface area contributed by atoms with Gasteiger partial charge in [0, 0.05) is 12.6 Å². The number of furan rings is 1. The number of nitrogens with zero attached hydrogens (tertiary/aromatic N) is 2. The number of benzene rings is 2. The smallest absolute Gasteiger partial charge is 0.272 e. The zero-order chi connectivity index (χ0) is 25.7. The van der Waals surface area contributed by atoms with Crippen molar-refractivity contribution in [2.75, 3.05) is 5.32 Å². The first-order valence-electron chi connectivity index (χ1n) is 11.7. The van der Waals surface area contributed by atoms with Crippen molar-refractivity contribution in [3.05, 3.63) is 101 Å². The average Bonchev–Trinajstić information content (AvgIpc) is 3.51. The van der Waals surface area contributed by atoms with Crippen molar-refractivity contribution in [3.8, 4) is 5.75 Å². The summed E-state index contributed by atoms with van der Waals surface area (Å²) in [4.78, 5) is 25.7. The Hall–Kier alpha value is -4.33. The SMILES string of the molecule is Cn1ncc(NC(=O)c2cccc(COc3ccc(C(C)(C)C)cc3)c2)c1C(=O)NCc1ccco1. The van der Waals surface area contributed by atoms with Crippen molar-refractivity contribution in [1.29, 1.82) is 0 Å². The zero-order valence-corrected chi connectivity index (χ0v) is 20.9. The van der Waals surface area contributed by atoms with E-state index in [4.69, 9.17) is 9.15 Å². The molecule has 8 nitrogen and oxygen atoms in total. The summed E-state index contributed by atoms with van der Waals surface area (Å²) in [6.07, 6.45) is 2.99. The number of carbonyl (C=O) groups is 2. The number of aromatic nitrogens is 2. The highest BCUT2D eigenvalue weighted by Crippen LogP contribution is 2.25. The molecule has 0 radical (unpaired) electrons. The Labute approximate surface area is 210 Å². The molecule has 2 heterocycles. The first-order valence-corrected chi connectivity index (χ1v) is 11.7. The van der Waals surface area contributed by atoms with Crippen molar-refractivity contribution in [2.45, 2.75) is 39.3 Å². The second kappa shape index (κ2) is 10.5. The van der Waals surface area contributed by atoms with Gasteiger partial charge in [0.15, 0.2) is 0 Å². The molecular weight excluding hydrogens is 456 g/mol. The van der Waals surface area contributed by atoms with E-state index in [1.165, 1.54) is 16.4 Å². The van der Waals surface area contributed by atoms with Crippen LogP contribution in [0.5, 0.6) is 5.75 Å². The second-order valence-electron chi connectivity index (χ2n) is 9.51. The molecule has 0 aliphatic carbocycles. The third kappa shape index (κ3) is 6.02. The number of hydrogen-bond donors (Lipinski definition) is 2. The maximum atomic E-state index is 13.0. The normalized spacial score (nSPS) is 11.2. The van der Waals surface area contributed by atoms with Crippen molar-refractivity contribution < 1.29 is 18.7 Å². The van der Waals surface area contributed by atoms with Crippen LogP contribution in [0.25, 0.3) is 0 Å². The standard InChI is InChI=1S/C28H30N4O4/c1-28(2,3)21-10-12-22(13-11-21)36-18-19-7-5-8-20(15-19)26(33)31-24-17-30-32(4)25(24)27(34)29-16-23-9-6-14-35-23/h5-15,17H,16,18H2,1-4H3,(H,29,34)(H,31,33). The van der Waals surface area contributed by atoms with E-state index in [0.29, 0.717) is 23.6 Å². The minimum atomic E-state index is -0.374. The molecule has 0 atom stereocenters. The molecule has 0 saturated heterocycles. The van der Waals surface area contributed by atoms with Gasteiger partial charge in [-0.1, -0.05) is 45.0 Å². The van der Waals surface area contributed by atoms with Crippen molar-refractivity contribution in [1.82, 2.24) is 15.1 Å². The van der Waals surface area contributed by atoms with Gasteiger partial charge in [-0.05, 0) is 52.9 Å². The second-order valence-corrected chi connectivity index (χ2v) is 9.51. The number of rotatable bonds is 8. The summed E-state index contributed by atoms with van der Waals surface area (Å²) in [6, 6.07) is 18.7. The highest BCUT2D eigenvalue weighted by Gasteiger charge is 2.20. The lowest BCUT2D eigenvalue weighted by atomic mass is 9.87. The number of aryl methyl sites for hydroxylation is 1. The number of ether oxygens (including phenoxy) is 1. The Balaban J connectivity index is 1.39. The van der Waals surface area contributed by atoms with Crippen molar-refractivity contribution in [3.63, 3.8) is 0 Å². The Kier molecular flexibility index (Phi) is 7.24. The van der Waals surface area contributed by atoms with Gasteiger partial charge in [0.05, 0.1) is 24.7 Å². The van der Waals surface area contributed by atoms with Crippen LogP contribution in [-0.4, -0.2) is 21.6 Å². The number of hydrogen-bond acceptors (Lipinski definition) is 5. The van der Waals surface area contributed by atoms with Crippen LogP contribution in [0.15, 0.2) is 77.5 Å². The summed E-state index contributed by atoms with van der Waals surface area (Å²) in [5.74, 6) is 0.666. The Bertz CT molecular complexity index is 1330. The number of nitrogens with one attached hydrogen (secondary N) is 2. The highest BCUT2D eigenvalue weighted by atomic mass is 16.5. The van der Waals surface area contributed by atoms with Crippen LogP contribution in [0.3, 0.4) is 0 Å². The van der Waals surface area contributed by atoms with Gasteiger partial charge in [-0.3, -0.25) is 14.3 Å². The van der Waals surface area contributed by atoms with Crippen LogP contribution in [0, 0.1) is 0 Å². The van der Waals surface area contributed by atoms with E-state index in [-0.39, 0.29) is 29.5 Å². The molecule has 0 fully saturated rings. The lowest BCUT2D eigenvalue weighted by Crippen LogP contribution is -2.26. The van der Waals surface area contributed by atoms with E-state index in [1.54, 1.807) is 43.6 Å². The summed E-state index contributed by atoms with van der Waals surface area (Å²) in [7, 11) is 1.64. The third-order valence-electron chi connectivity index (χ3n) is 5.72. The Morgan fingerprint density at radius 2 is 1.81 bits per heavy atom. The summed E-state index contributed by atoms with van der Waals surface area (Å²) >= 11 is 0. The van der Waals surface area contributed by atoms with Gasteiger partial charge in [0.1, 0.15) is 23.8 Å². The number of anilines is 1. The third-order valence-corrected chi connectivity index (χ3v) is 5.72. The van der Waals surface area contributed by atoms with Crippen LogP contribution < -0.4 is 15.4 Å². The molecule has 186 valence electrons. The zero-order valence-electron chi connectivity index (χ0n) is 20.9. The van der Waals surface area contributed by atoms with Crippen LogP contribution in [0.1, 0.15) is 58.5 Å². The lowest BCUT2D eigenvalue weighted by Gasteiger charge is -2.19. The molecule has 2 N–H and O–H groups in total. The first-order chi connectivity index (χ1) is 17.2. The van der Waals surface area contributed by atoms with E-state index in [2.05, 4.69) is 48.6 Å². The molecule has 2 aromatic heterocycles. The van der Waals surface area contributed by atoms with Crippen molar-refractivity contribution in [2.24, 2.45) is 7.05 Å². The number of amides is 2. The highest BCUT2D eigenvalue weighted by molar-refractivity contribution is 6.08. The predicted octanol–water partition coefficient (Wildman–Crippen LogP) is 5.07. The van der Waals surface area contributed by atoms with E-state index in [0.717, 1.165) is 11.3 Å². The monoisotopic (exact) mass is 486 g/mol. The Morgan fingerprint density at radius 1 is 1.03 bits per heavy atom. The largest absolute Gasteiger partial charge is 0.489 e. The van der Waals surface area contributed by atoms with E-state index in [9.17, 15) is 9.59 Å². The summed E-state index contributed by atoms with van der Waals surface area (Å²) in [5, 5.41) is 9.70. The van der Waals surface area contributed by atoms with Gasteiger partial charge in [0.2, 0.25) is 0 Å². The van der Waals surface area contributed by atoms with Gasteiger partial charge in [0.25, 0.3) is 11.8 Å². The Morgan fingerprint density at radius 3 is 2.50 bits per heavy atom. The molecule has 2 amide bonds. The molecule has 36 heavy (non-hydrogen) atoms. The molecule has 8 heteroatoms. The molecule has 0 spiro atoms. The van der Waals surface area contributed by atoms with E-state index in [1.807, 2.05) is 18.2 Å². The van der Waals surface area contributed by atoms with Crippen LogP contribution in [0.4, 0.5) is 5.69 Å². The first kappa shape index (κ1) is 24.8. The molecule has 0 aliphatic rings. The molecule has 0 bridgehead atoms. The van der Waals surface area contributed by atoms with Gasteiger partial charge in [-0.25, -0.2) is 0 Å². The molecule has 4 aromatic rings. The molecule has 4 rings (SSSR count). The maximum Gasteiger partial charge on any atom is 0.272 e. The predicted molar refractivity (Wildman–Crippen MR) is 137 cm³/mol. The minimum Gasteiger partial charge on any atom is -0.489 e. The van der Waals surface area contributed by atoms with Gasteiger partial charge >= 0.3 is 0 Å². The number of carbonyl (C=O) groups excluding carboxylic acids is 2. The molecule has 0 saturated carbocycles. The minimum absolute atomic E-state index is 0.0778.